The van der Waals surface area contributed by atoms with E-state index in [4.69, 9.17) is 5.73 Å². The number of benzene rings is 1. The molecule has 0 aliphatic carbocycles. The molecule has 0 saturated carbocycles. The molecule has 1 rings (SSSR count). The number of carbonyl (C=O) groups is 2. The number of amides is 1. The molecule has 0 aliphatic rings. The van der Waals surface area contributed by atoms with Crippen molar-refractivity contribution in [1.29, 1.82) is 0 Å². The zero-order chi connectivity index (χ0) is 12.7. The lowest BCUT2D eigenvalue weighted by atomic mass is 10.1. The molecule has 0 spiro atoms. The van der Waals surface area contributed by atoms with Gasteiger partial charge in [0.1, 0.15) is 5.78 Å². The van der Waals surface area contributed by atoms with E-state index in [1.807, 2.05) is 6.07 Å². The Balaban J connectivity index is 2.62. The van der Waals surface area contributed by atoms with E-state index in [9.17, 15) is 9.59 Å². The van der Waals surface area contributed by atoms with E-state index in [2.05, 4.69) is 5.32 Å². The van der Waals surface area contributed by atoms with E-state index in [0.29, 0.717) is 18.5 Å². The maximum Gasteiger partial charge on any atom is 0.251 e. The van der Waals surface area contributed by atoms with E-state index >= 15 is 0 Å². The van der Waals surface area contributed by atoms with Crippen LogP contribution in [0.25, 0.3) is 6.08 Å². The van der Waals surface area contributed by atoms with Gasteiger partial charge in [-0.3, -0.25) is 9.59 Å². The van der Waals surface area contributed by atoms with Crippen molar-refractivity contribution in [2.75, 3.05) is 6.54 Å². The molecular weight excluding hydrogens is 216 g/mol. The molecule has 0 atom stereocenters. The molecule has 0 bridgehead atoms. The predicted molar refractivity (Wildman–Crippen MR) is 67.3 cm³/mol. The Bertz CT molecular complexity index is 439. The minimum Gasteiger partial charge on any atom is -0.405 e. The van der Waals surface area contributed by atoms with Crippen LogP contribution < -0.4 is 11.1 Å². The minimum absolute atomic E-state index is 0.0603. The van der Waals surface area contributed by atoms with Crippen LogP contribution in [0.1, 0.15) is 29.3 Å². The van der Waals surface area contributed by atoms with Crippen LogP contribution in [0.4, 0.5) is 0 Å². The quantitative estimate of drug-likeness (QED) is 0.804. The summed E-state index contributed by atoms with van der Waals surface area (Å²) < 4.78 is 0. The van der Waals surface area contributed by atoms with Crippen molar-refractivity contribution in [1.82, 2.24) is 5.32 Å². The second kappa shape index (κ2) is 6.48. The molecule has 0 heterocycles. The topological polar surface area (TPSA) is 72.2 Å². The molecule has 3 N–H and O–H groups in total. The van der Waals surface area contributed by atoms with E-state index in [1.54, 1.807) is 24.3 Å². The number of Topliss-reactive ketones (excluding diaryl/α,β-unsaturated/α-hetero) is 1. The number of nitrogens with two attached hydrogens (primary N) is 1. The van der Waals surface area contributed by atoms with Crippen LogP contribution in [0, 0.1) is 0 Å². The third-order valence-corrected chi connectivity index (χ3v) is 2.20. The van der Waals surface area contributed by atoms with Gasteiger partial charge in [-0.2, -0.15) is 0 Å². The Kier molecular flexibility index (Phi) is 4.94. The first-order chi connectivity index (χ1) is 8.13. The van der Waals surface area contributed by atoms with Crippen molar-refractivity contribution >= 4 is 17.8 Å². The van der Waals surface area contributed by atoms with Crippen LogP contribution in [0.15, 0.2) is 30.5 Å². The molecule has 0 saturated heterocycles. The fraction of sp³-hybridized carbons (Fsp3) is 0.231. The maximum absolute atomic E-state index is 11.7. The van der Waals surface area contributed by atoms with Crippen molar-refractivity contribution in [3.8, 4) is 0 Å². The first-order valence-electron chi connectivity index (χ1n) is 5.39. The van der Waals surface area contributed by atoms with Crippen LogP contribution in [0.2, 0.25) is 0 Å². The van der Waals surface area contributed by atoms with Gasteiger partial charge in [-0.15, -0.1) is 0 Å². The number of carbonyl (C=O) groups excluding carboxylic acids is 2. The van der Waals surface area contributed by atoms with Gasteiger partial charge in [-0.05, 0) is 36.9 Å². The monoisotopic (exact) mass is 232 g/mol. The summed E-state index contributed by atoms with van der Waals surface area (Å²) in [6.45, 7) is 1.87. The summed E-state index contributed by atoms with van der Waals surface area (Å²) in [4.78, 5) is 22.4. The van der Waals surface area contributed by atoms with Crippen LogP contribution in [-0.4, -0.2) is 18.2 Å². The number of hydrogen-bond donors (Lipinski definition) is 2. The molecule has 1 aromatic carbocycles. The molecule has 17 heavy (non-hydrogen) atoms. The van der Waals surface area contributed by atoms with E-state index in [0.717, 1.165) is 5.56 Å². The summed E-state index contributed by atoms with van der Waals surface area (Å²) in [7, 11) is 0. The highest BCUT2D eigenvalue weighted by atomic mass is 16.1. The number of rotatable bonds is 5. The van der Waals surface area contributed by atoms with E-state index in [1.165, 1.54) is 13.1 Å². The molecule has 90 valence electrons. The summed E-state index contributed by atoms with van der Waals surface area (Å²) in [5.74, 6) is -0.122. The summed E-state index contributed by atoms with van der Waals surface area (Å²) in [5.41, 5.74) is 6.71. The highest BCUT2D eigenvalue weighted by Crippen LogP contribution is 2.06. The smallest absolute Gasteiger partial charge is 0.251 e. The normalized spacial score (nSPS) is 10.4. The summed E-state index contributed by atoms with van der Waals surface area (Å²) in [6, 6.07) is 7.11. The largest absolute Gasteiger partial charge is 0.405 e. The van der Waals surface area contributed by atoms with E-state index in [-0.39, 0.29) is 11.7 Å². The van der Waals surface area contributed by atoms with Crippen LogP contribution in [0.5, 0.6) is 0 Å². The average Bonchev–Trinajstić information content (AvgIpc) is 2.29. The molecule has 0 aliphatic heterocycles. The predicted octanol–water partition coefficient (Wildman–Crippen LogP) is 1.32. The molecule has 0 radical (unpaired) electrons. The Morgan fingerprint density at radius 3 is 2.82 bits per heavy atom. The lowest BCUT2D eigenvalue weighted by Gasteiger charge is -2.04. The van der Waals surface area contributed by atoms with Gasteiger partial charge in [0.15, 0.2) is 0 Å². The van der Waals surface area contributed by atoms with Crippen molar-refractivity contribution < 1.29 is 9.59 Å². The van der Waals surface area contributed by atoms with Gasteiger partial charge in [0, 0.05) is 18.5 Å². The van der Waals surface area contributed by atoms with Crippen LogP contribution in [-0.2, 0) is 4.79 Å². The molecule has 4 nitrogen and oxygen atoms in total. The summed E-state index contributed by atoms with van der Waals surface area (Å²) >= 11 is 0. The third-order valence-electron chi connectivity index (χ3n) is 2.20. The maximum atomic E-state index is 11.7. The van der Waals surface area contributed by atoms with Gasteiger partial charge < -0.3 is 11.1 Å². The van der Waals surface area contributed by atoms with Crippen molar-refractivity contribution in [2.24, 2.45) is 5.73 Å². The fourth-order valence-electron chi connectivity index (χ4n) is 1.35. The highest BCUT2D eigenvalue weighted by Gasteiger charge is 2.05. The highest BCUT2D eigenvalue weighted by molar-refractivity contribution is 5.95. The molecule has 0 unspecified atom stereocenters. The Morgan fingerprint density at radius 1 is 1.41 bits per heavy atom. The van der Waals surface area contributed by atoms with Gasteiger partial charge in [-0.25, -0.2) is 0 Å². The average molecular weight is 232 g/mol. The van der Waals surface area contributed by atoms with Crippen LogP contribution in [0.3, 0.4) is 0 Å². The van der Waals surface area contributed by atoms with Gasteiger partial charge in [0.2, 0.25) is 0 Å². The SMILES string of the molecule is CC(=O)CCNC(=O)c1cccc(/C=C\N)c1. The zero-order valence-corrected chi connectivity index (χ0v) is 9.77. The number of hydrogen-bond acceptors (Lipinski definition) is 3. The van der Waals surface area contributed by atoms with Crippen molar-refractivity contribution in [3.05, 3.63) is 41.6 Å². The molecular formula is C13H16N2O2. The second-order valence-electron chi connectivity index (χ2n) is 3.69. The summed E-state index contributed by atoms with van der Waals surface area (Å²) in [6.07, 6.45) is 3.49. The van der Waals surface area contributed by atoms with Crippen molar-refractivity contribution in [3.63, 3.8) is 0 Å². The lowest BCUT2D eigenvalue weighted by molar-refractivity contribution is -0.116. The number of ketones is 1. The second-order valence-corrected chi connectivity index (χ2v) is 3.69. The van der Waals surface area contributed by atoms with Gasteiger partial charge in [0.25, 0.3) is 5.91 Å². The first kappa shape index (κ1) is 13.0. The lowest BCUT2D eigenvalue weighted by Crippen LogP contribution is -2.25. The molecule has 1 amide bonds. The number of nitrogens with one attached hydrogen (secondary N) is 1. The van der Waals surface area contributed by atoms with Crippen molar-refractivity contribution in [2.45, 2.75) is 13.3 Å². The Morgan fingerprint density at radius 2 is 2.18 bits per heavy atom. The molecule has 1 aromatic rings. The van der Waals surface area contributed by atoms with Gasteiger partial charge >= 0.3 is 0 Å². The fourth-order valence-corrected chi connectivity index (χ4v) is 1.35. The third kappa shape index (κ3) is 4.51. The molecule has 4 heteroatoms. The van der Waals surface area contributed by atoms with Crippen LogP contribution >= 0.6 is 0 Å². The standard InChI is InChI=1S/C13H16N2O2/c1-10(16)6-8-15-13(17)12-4-2-3-11(9-12)5-7-14/h2-5,7,9H,6,8,14H2,1H3,(H,15,17)/b7-5-. The zero-order valence-electron chi connectivity index (χ0n) is 9.77. The van der Waals surface area contributed by atoms with E-state index < -0.39 is 0 Å². The molecule has 0 aromatic heterocycles. The van der Waals surface area contributed by atoms with Gasteiger partial charge in [-0.1, -0.05) is 12.1 Å². The van der Waals surface area contributed by atoms with Gasteiger partial charge in [0.05, 0.1) is 0 Å². The molecule has 0 fully saturated rings. The Labute approximate surface area is 101 Å². The Hall–Kier alpha value is -2.10. The first-order valence-corrected chi connectivity index (χ1v) is 5.39. The minimum atomic E-state index is -0.182. The summed E-state index contributed by atoms with van der Waals surface area (Å²) in [5, 5.41) is 2.68.